The molecule has 0 spiro atoms. The first-order valence-electron chi connectivity index (χ1n) is 12.8. The number of methoxy groups -OCH3 is 1. The van der Waals surface area contributed by atoms with Crippen molar-refractivity contribution in [2.24, 2.45) is 0 Å². The minimum atomic E-state index is -0.914. The van der Waals surface area contributed by atoms with E-state index >= 15 is 0 Å². The second kappa shape index (κ2) is 10.4. The van der Waals surface area contributed by atoms with Gasteiger partial charge < -0.3 is 24.6 Å². The molecule has 2 aliphatic rings. The van der Waals surface area contributed by atoms with Gasteiger partial charge in [0.2, 0.25) is 0 Å². The molecule has 13 nitrogen and oxygen atoms in total. The van der Waals surface area contributed by atoms with Gasteiger partial charge in [-0.15, -0.1) is 0 Å². The smallest absolute Gasteiger partial charge is 0.407 e. The number of nitrogens with one attached hydrogen (secondary N) is 1. The van der Waals surface area contributed by atoms with Crippen molar-refractivity contribution in [2.75, 3.05) is 25.6 Å². The van der Waals surface area contributed by atoms with Gasteiger partial charge in [0.25, 0.3) is 0 Å². The van der Waals surface area contributed by atoms with Crippen LogP contribution in [0.4, 0.5) is 16.4 Å². The lowest BCUT2D eigenvalue weighted by Crippen LogP contribution is -2.60. The summed E-state index contributed by atoms with van der Waals surface area (Å²) >= 11 is 0. The van der Waals surface area contributed by atoms with Crippen LogP contribution in [0.2, 0.25) is 0 Å². The maximum Gasteiger partial charge on any atom is 0.407 e. The highest BCUT2D eigenvalue weighted by atomic mass is 16.5. The Balaban J connectivity index is 1.23. The number of hydrogen-bond donors (Lipinski definition) is 2. The number of anilines is 2. The molecule has 2 bridgehead atoms. The average molecular weight is 546 g/mol. The van der Waals surface area contributed by atoms with Crippen LogP contribution < -0.4 is 10.1 Å². The van der Waals surface area contributed by atoms with Crippen LogP contribution in [0.1, 0.15) is 29.0 Å². The lowest BCUT2D eigenvalue weighted by molar-refractivity contribution is -0.0857. The van der Waals surface area contributed by atoms with E-state index in [1.165, 1.54) is 24.4 Å². The zero-order valence-electron chi connectivity index (χ0n) is 21.9. The van der Waals surface area contributed by atoms with Crippen LogP contribution in [-0.4, -0.2) is 85.1 Å². The Hall–Kier alpha value is -4.78. The van der Waals surface area contributed by atoms with Crippen LogP contribution in [-0.2, 0) is 9.47 Å². The van der Waals surface area contributed by atoms with Gasteiger partial charge in [-0.1, -0.05) is 0 Å². The van der Waals surface area contributed by atoms with E-state index in [1.807, 2.05) is 37.4 Å². The number of amides is 1. The highest BCUT2D eigenvalue weighted by molar-refractivity contribution is 5.86. The normalized spacial score (nSPS) is 20.2. The standard InChI is InChI=1S/C27H27N7O6/c1-15-5-21(23(11-28-15)40-20-7-18-13-39-14-19(8-20)34(18)27(36)37)16-3-4-33-17(6-16)9-24(32-33)31-25-12-29-22(10-30-25)26(35)38-2/h3-6,9-12,18-20H,7-8,13-14H2,1-2H3,(H,36,37)(H,30,31,32)/t18-,19+,20?. The van der Waals surface area contributed by atoms with Gasteiger partial charge in [0.15, 0.2) is 11.5 Å². The number of rotatable bonds is 6. The molecule has 40 heavy (non-hydrogen) atoms. The lowest BCUT2D eigenvalue weighted by Gasteiger charge is -2.46. The topological polar surface area (TPSA) is 153 Å². The van der Waals surface area contributed by atoms with Crippen molar-refractivity contribution in [3.8, 4) is 16.9 Å². The van der Waals surface area contributed by atoms with Crippen molar-refractivity contribution in [3.63, 3.8) is 0 Å². The summed E-state index contributed by atoms with van der Waals surface area (Å²) < 4.78 is 18.5. The molecular formula is C27H27N7O6. The van der Waals surface area contributed by atoms with Crippen molar-refractivity contribution in [2.45, 2.75) is 38.0 Å². The Bertz CT molecular complexity index is 1560. The Morgan fingerprint density at radius 2 is 1.85 bits per heavy atom. The number of pyridine rings is 2. The fourth-order valence-electron chi connectivity index (χ4n) is 5.28. The number of esters is 1. The average Bonchev–Trinajstić information content (AvgIpc) is 3.35. The first kappa shape index (κ1) is 25.5. The molecule has 0 saturated carbocycles. The van der Waals surface area contributed by atoms with E-state index in [0.29, 0.717) is 43.4 Å². The molecule has 206 valence electrons. The van der Waals surface area contributed by atoms with Crippen molar-refractivity contribution < 1.29 is 28.9 Å². The summed E-state index contributed by atoms with van der Waals surface area (Å²) in [6.45, 7) is 2.67. The highest BCUT2D eigenvalue weighted by Crippen LogP contribution is 2.35. The van der Waals surface area contributed by atoms with Gasteiger partial charge in [-0.2, -0.15) is 5.10 Å². The summed E-state index contributed by atoms with van der Waals surface area (Å²) in [7, 11) is 1.29. The predicted molar refractivity (Wildman–Crippen MR) is 142 cm³/mol. The number of carbonyl (C=O) groups excluding carboxylic acids is 1. The third kappa shape index (κ3) is 4.98. The van der Waals surface area contributed by atoms with E-state index in [4.69, 9.17) is 9.47 Å². The molecule has 2 aliphatic heterocycles. The van der Waals surface area contributed by atoms with Gasteiger partial charge in [0.1, 0.15) is 17.7 Å². The van der Waals surface area contributed by atoms with Crippen LogP contribution in [0.25, 0.3) is 16.6 Å². The van der Waals surface area contributed by atoms with Gasteiger partial charge >= 0.3 is 12.1 Å². The van der Waals surface area contributed by atoms with E-state index in [-0.39, 0.29) is 23.9 Å². The summed E-state index contributed by atoms with van der Waals surface area (Å²) in [6.07, 6.45) is 6.39. The fraction of sp³-hybridized carbons (Fsp3) is 0.333. The Labute approximate surface area is 228 Å². The Morgan fingerprint density at radius 1 is 1.05 bits per heavy atom. The van der Waals surface area contributed by atoms with Crippen LogP contribution in [0, 0.1) is 6.92 Å². The van der Waals surface area contributed by atoms with Crippen molar-refractivity contribution in [3.05, 3.63) is 60.4 Å². The van der Waals surface area contributed by atoms with E-state index in [9.17, 15) is 14.7 Å². The van der Waals surface area contributed by atoms with Gasteiger partial charge in [-0.05, 0) is 30.7 Å². The second-order valence-corrected chi connectivity index (χ2v) is 9.79. The van der Waals surface area contributed by atoms with Crippen molar-refractivity contribution in [1.29, 1.82) is 0 Å². The molecule has 4 aromatic rings. The molecule has 6 heterocycles. The number of carbonyl (C=O) groups is 2. The third-order valence-electron chi connectivity index (χ3n) is 7.07. The summed E-state index contributed by atoms with van der Waals surface area (Å²) in [6, 6.07) is 7.34. The number of hydrogen-bond acceptors (Lipinski definition) is 10. The number of aryl methyl sites for hydroxylation is 1. The number of nitrogens with zero attached hydrogens (tertiary/aromatic N) is 6. The highest BCUT2D eigenvalue weighted by Gasteiger charge is 2.42. The first-order chi connectivity index (χ1) is 19.4. The lowest BCUT2D eigenvalue weighted by atomic mass is 9.92. The van der Waals surface area contributed by atoms with Gasteiger partial charge in [-0.25, -0.2) is 24.1 Å². The third-order valence-corrected chi connectivity index (χ3v) is 7.07. The zero-order chi connectivity index (χ0) is 27.8. The Morgan fingerprint density at radius 3 is 2.55 bits per heavy atom. The maximum absolute atomic E-state index is 11.8. The molecule has 13 heteroatoms. The number of fused-ring (bicyclic) bond motifs is 3. The molecule has 0 aliphatic carbocycles. The molecule has 2 saturated heterocycles. The fourth-order valence-corrected chi connectivity index (χ4v) is 5.28. The monoisotopic (exact) mass is 545 g/mol. The molecule has 0 radical (unpaired) electrons. The maximum atomic E-state index is 11.8. The van der Waals surface area contributed by atoms with E-state index in [2.05, 4.69) is 30.1 Å². The minimum absolute atomic E-state index is 0.113. The van der Waals surface area contributed by atoms with Crippen molar-refractivity contribution in [1.82, 2.24) is 29.5 Å². The summed E-state index contributed by atoms with van der Waals surface area (Å²) in [4.78, 5) is 37.6. The molecular weight excluding hydrogens is 518 g/mol. The van der Waals surface area contributed by atoms with Crippen LogP contribution in [0.5, 0.6) is 5.75 Å². The molecule has 6 rings (SSSR count). The molecule has 2 N–H and O–H groups in total. The van der Waals surface area contributed by atoms with E-state index in [1.54, 1.807) is 10.7 Å². The number of carboxylic acid groups (broad SMARTS) is 1. The molecule has 4 aromatic heterocycles. The number of morpholine rings is 1. The van der Waals surface area contributed by atoms with Crippen LogP contribution in [0.15, 0.2) is 49.1 Å². The summed E-state index contributed by atoms with van der Waals surface area (Å²) in [5.74, 6) is 1.07. The molecule has 1 amide bonds. The first-order valence-corrected chi connectivity index (χ1v) is 12.8. The van der Waals surface area contributed by atoms with Gasteiger partial charge in [0, 0.05) is 36.4 Å². The number of aromatic nitrogens is 5. The predicted octanol–water partition coefficient (Wildman–Crippen LogP) is 3.31. The van der Waals surface area contributed by atoms with Crippen LogP contribution >= 0.6 is 0 Å². The number of piperidine rings is 1. The summed E-state index contributed by atoms with van der Waals surface area (Å²) in [5, 5.41) is 17.3. The van der Waals surface area contributed by atoms with Crippen molar-refractivity contribution >= 4 is 29.2 Å². The van der Waals surface area contributed by atoms with Crippen LogP contribution in [0.3, 0.4) is 0 Å². The minimum Gasteiger partial charge on any atom is -0.488 e. The quantitative estimate of drug-likeness (QED) is 0.343. The van der Waals surface area contributed by atoms with E-state index in [0.717, 1.165) is 22.3 Å². The largest absolute Gasteiger partial charge is 0.488 e. The molecule has 1 unspecified atom stereocenters. The number of ether oxygens (including phenoxy) is 3. The molecule has 3 atom stereocenters. The van der Waals surface area contributed by atoms with Gasteiger partial charge in [0.05, 0.1) is 56.5 Å². The van der Waals surface area contributed by atoms with E-state index < -0.39 is 12.1 Å². The summed E-state index contributed by atoms with van der Waals surface area (Å²) in [5.41, 5.74) is 3.60. The molecule has 2 fully saturated rings. The van der Waals surface area contributed by atoms with Gasteiger partial charge in [-0.3, -0.25) is 9.88 Å². The second-order valence-electron chi connectivity index (χ2n) is 9.79. The SMILES string of the molecule is COC(=O)c1cnc(Nc2cc3cc(-c4cc(C)ncc4OC4C[C@H]5COC[C@@H](C4)N5C(=O)O)ccn3n2)cn1. The zero-order valence-corrected chi connectivity index (χ0v) is 21.9. The molecule has 0 aromatic carbocycles. The Kier molecular flexibility index (Phi) is 6.64.